The minimum absolute atomic E-state index is 0.125. The Morgan fingerprint density at radius 1 is 1.23 bits per heavy atom. The number of aromatic nitrogens is 1. The number of anilines is 1. The third-order valence-electron chi connectivity index (χ3n) is 4.04. The van der Waals surface area contributed by atoms with Crippen molar-refractivity contribution in [1.29, 1.82) is 0 Å². The van der Waals surface area contributed by atoms with E-state index >= 15 is 0 Å². The van der Waals surface area contributed by atoms with Gasteiger partial charge in [0.1, 0.15) is 0 Å². The topological polar surface area (TPSA) is 42.0 Å². The van der Waals surface area contributed by atoms with Gasteiger partial charge in [0.05, 0.1) is 5.69 Å². The number of carbonyl (C=O) groups excluding carboxylic acids is 1. The molecule has 0 bridgehead atoms. The highest BCUT2D eigenvalue weighted by Gasteiger charge is 2.24. The summed E-state index contributed by atoms with van der Waals surface area (Å²) in [6, 6.07) is 12.1. The van der Waals surface area contributed by atoms with Crippen molar-refractivity contribution in [3.63, 3.8) is 0 Å². The molecule has 2 aromatic rings. The van der Waals surface area contributed by atoms with Gasteiger partial charge in [-0.3, -0.25) is 9.78 Å². The van der Waals surface area contributed by atoms with E-state index in [2.05, 4.69) is 42.3 Å². The molecule has 0 atom stereocenters. The summed E-state index contributed by atoms with van der Waals surface area (Å²) in [5, 5.41) is 2.97. The SMILES string of the molecule is CC(C)c1ncccc1-c1ccc(NC(=O)CC2CC2)cc1. The summed E-state index contributed by atoms with van der Waals surface area (Å²) < 4.78 is 0. The molecule has 0 aliphatic heterocycles. The van der Waals surface area contributed by atoms with Gasteiger partial charge in [0, 0.05) is 23.9 Å². The van der Waals surface area contributed by atoms with Gasteiger partial charge in [-0.05, 0) is 48.4 Å². The molecular weight excluding hydrogens is 272 g/mol. The van der Waals surface area contributed by atoms with E-state index in [1.807, 2.05) is 24.4 Å². The van der Waals surface area contributed by atoms with Crippen molar-refractivity contribution in [3.8, 4) is 11.1 Å². The highest BCUT2D eigenvalue weighted by Crippen LogP contribution is 2.33. The molecule has 1 fully saturated rings. The lowest BCUT2D eigenvalue weighted by molar-refractivity contribution is -0.116. The van der Waals surface area contributed by atoms with Crippen molar-refractivity contribution in [1.82, 2.24) is 4.98 Å². The molecule has 3 heteroatoms. The zero-order chi connectivity index (χ0) is 15.5. The normalized spacial score (nSPS) is 14.1. The summed E-state index contributed by atoms with van der Waals surface area (Å²) in [6.45, 7) is 4.30. The minimum Gasteiger partial charge on any atom is -0.326 e. The Balaban J connectivity index is 1.75. The third-order valence-corrected chi connectivity index (χ3v) is 4.04. The van der Waals surface area contributed by atoms with E-state index in [0.717, 1.165) is 22.5 Å². The molecule has 1 aromatic carbocycles. The molecule has 0 unspecified atom stereocenters. The lowest BCUT2D eigenvalue weighted by Gasteiger charge is -2.12. The van der Waals surface area contributed by atoms with E-state index in [1.165, 1.54) is 12.8 Å². The van der Waals surface area contributed by atoms with Crippen molar-refractivity contribution < 1.29 is 4.79 Å². The quantitative estimate of drug-likeness (QED) is 0.875. The zero-order valence-electron chi connectivity index (χ0n) is 13.2. The fourth-order valence-electron chi connectivity index (χ4n) is 2.65. The fraction of sp³-hybridized carbons (Fsp3) is 0.368. The third kappa shape index (κ3) is 3.53. The largest absolute Gasteiger partial charge is 0.326 e. The predicted molar refractivity (Wildman–Crippen MR) is 89.7 cm³/mol. The maximum atomic E-state index is 11.8. The molecule has 1 aliphatic rings. The van der Waals surface area contributed by atoms with Gasteiger partial charge in [-0.15, -0.1) is 0 Å². The summed E-state index contributed by atoms with van der Waals surface area (Å²) in [7, 11) is 0. The van der Waals surface area contributed by atoms with E-state index in [0.29, 0.717) is 18.3 Å². The first-order valence-electron chi connectivity index (χ1n) is 7.98. The summed E-state index contributed by atoms with van der Waals surface area (Å²) in [6.07, 6.45) is 4.89. The van der Waals surface area contributed by atoms with Gasteiger partial charge in [-0.25, -0.2) is 0 Å². The van der Waals surface area contributed by atoms with E-state index < -0.39 is 0 Å². The van der Waals surface area contributed by atoms with Crippen LogP contribution in [0.3, 0.4) is 0 Å². The lowest BCUT2D eigenvalue weighted by Crippen LogP contribution is -2.11. The number of pyridine rings is 1. The summed E-state index contributed by atoms with van der Waals surface area (Å²) in [5.74, 6) is 1.12. The fourth-order valence-corrected chi connectivity index (χ4v) is 2.65. The van der Waals surface area contributed by atoms with Crippen LogP contribution in [0.15, 0.2) is 42.6 Å². The Bertz CT molecular complexity index is 657. The molecule has 114 valence electrons. The number of benzene rings is 1. The number of hydrogen-bond acceptors (Lipinski definition) is 2. The second-order valence-corrected chi connectivity index (χ2v) is 6.36. The van der Waals surface area contributed by atoms with E-state index in [9.17, 15) is 4.79 Å². The Labute approximate surface area is 131 Å². The highest BCUT2D eigenvalue weighted by atomic mass is 16.1. The number of hydrogen-bond donors (Lipinski definition) is 1. The van der Waals surface area contributed by atoms with Crippen molar-refractivity contribution in [2.75, 3.05) is 5.32 Å². The molecule has 1 amide bonds. The van der Waals surface area contributed by atoms with Gasteiger partial charge in [0.15, 0.2) is 0 Å². The van der Waals surface area contributed by atoms with Crippen molar-refractivity contribution in [2.45, 2.75) is 39.0 Å². The lowest BCUT2D eigenvalue weighted by atomic mass is 9.97. The predicted octanol–water partition coefficient (Wildman–Crippen LogP) is 4.61. The molecule has 1 heterocycles. The van der Waals surface area contributed by atoms with Crippen LogP contribution in [0.5, 0.6) is 0 Å². The van der Waals surface area contributed by atoms with Gasteiger partial charge >= 0.3 is 0 Å². The summed E-state index contributed by atoms with van der Waals surface area (Å²) in [5.41, 5.74) is 4.27. The molecule has 3 rings (SSSR count). The van der Waals surface area contributed by atoms with Gasteiger partial charge < -0.3 is 5.32 Å². The Kier molecular flexibility index (Phi) is 4.23. The van der Waals surface area contributed by atoms with Crippen LogP contribution in [0.2, 0.25) is 0 Å². The Morgan fingerprint density at radius 3 is 2.59 bits per heavy atom. The van der Waals surface area contributed by atoms with Crippen LogP contribution in [0.4, 0.5) is 5.69 Å². The smallest absolute Gasteiger partial charge is 0.224 e. The van der Waals surface area contributed by atoms with Gasteiger partial charge in [-0.1, -0.05) is 32.0 Å². The van der Waals surface area contributed by atoms with Crippen LogP contribution >= 0.6 is 0 Å². The first-order valence-corrected chi connectivity index (χ1v) is 7.98. The molecule has 1 aromatic heterocycles. The molecule has 1 N–H and O–H groups in total. The molecule has 22 heavy (non-hydrogen) atoms. The van der Waals surface area contributed by atoms with E-state index in [1.54, 1.807) is 0 Å². The number of rotatable bonds is 5. The van der Waals surface area contributed by atoms with Gasteiger partial charge in [0.2, 0.25) is 5.91 Å². The van der Waals surface area contributed by atoms with Gasteiger partial charge in [0.25, 0.3) is 0 Å². The number of nitrogens with zero attached hydrogens (tertiary/aromatic N) is 1. The van der Waals surface area contributed by atoms with Crippen LogP contribution in [0.1, 0.15) is 44.7 Å². The summed E-state index contributed by atoms with van der Waals surface area (Å²) in [4.78, 5) is 16.3. The van der Waals surface area contributed by atoms with Crippen LogP contribution in [-0.4, -0.2) is 10.9 Å². The monoisotopic (exact) mass is 294 g/mol. The Hall–Kier alpha value is -2.16. The average Bonchev–Trinajstić information content (AvgIpc) is 3.32. The molecule has 1 aliphatic carbocycles. The molecule has 0 radical (unpaired) electrons. The van der Waals surface area contributed by atoms with Crippen LogP contribution < -0.4 is 5.32 Å². The van der Waals surface area contributed by atoms with Crippen molar-refractivity contribution in [3.05, 3.63) is 48.3 Å². The molecule has 0 saturated heterocycles. The minimum atomic E-state index is 0.125. The number of carbonyl (C=O) groups is 1. The van der Waals surface area contributed by atoms with Crippen LogP contribution in [0.25, 0.3) is 11.1 Å². The van der Waals surface area contributed by atoms with Crippen molar-refractivity contribution in [2.24, 2.45) is 5.92 Å². The maximum Gasteiger partial charge on any atom is 0.224 e. The summed E-state index contributed by atoms with van der Waals surface area (Å²) >= 11 is 0. The number of nitrogens with one attached hydrogen (secondary N) is 1. The first kappa shape index (κ1) is 14.8. The number of amides is 1. The standard InChI is InChI=1S/C19H22N2O/c1-13(2)19-17(4-3-11-20-19)15-7-9-16(10-8-15)21-18(22)12-14-5-6-14/h3-4,7-11,13-14H,5-6,12H2,1-2H3,(H,21,22). The van der Waals surface area contributed by atoms with E-state index in [4.69, 9.17) is 0 Å². The molecular formula is C19H22N2O. The van der Waals surface area contributed by atoms with Gasteiger partial charge in [-0.2, -0.15) is 0 Å². The highest BCUT2D eigenvalue weighted by molar-refractivity contribution is 5.91. The average molecular weight is 294 g/mol. The van der Waals surface area contributed by atoms with Crippen LogP contribution in [-0.2, 0) is 4.79 Å². The maximum absolute atomic E-state index is 11.8. The molecule has 0 spiro atoms. The second-order valence-electron chi connectivity index (χ2n) is 6.36. The molecule has 3 nitrogen and oxygen atoms in total. The zero-order valence-corrected chi connectivity index (χ0v) is 13.2. The van der Waals surface area contributed by atoms with Crippen LogP contribution in [0, 0.1) is 5.92 Å². The molecule has 1 saturated carbocycles. The Morgan fingerprint density at radius 2 is 1.95 bits per heavy atom. The first-order chi connectivity index (χ1) is 10.6. The van der Waals surface area contributed by atoms with E-state index in [-0.39, 0.29) is 5.91 Å². The second kappa shape index (κ2) is 6.30. The van der Waals surface area contributed by atoms with Crippen molar-refractivity contribution >= 4 is 11.6 Å².